The molecule has 1 unspecified atom stereocenters. The van der Waals surface area contributed by atoms with Crippen molar-refractivity contribution < 1.29 is 13.5 Å². The van der Waals surface area contributed by atoms with Gasteiger partial charge in [0.15, 0.2) is 0 Å². The van der Waals surface area contributed by atoms with Crippen molar-refractivity contribution >= 4 is 11.0 Å². The Kier molecular flexibility index (Phi) is 3.29. The van der Waals surface area contributed by atoms with Gasteiger partial charge in [-0.25, -0.2) is 4.39 Å². The van der Waals surface area contributed by atoms with Crippen molar-refractivity contribution in [2.24, 2.45) is 5.73 Å². The summed E-state index contributed by atoms with van der Waals surface area (Å²) in [5, 5.41) is 9.87. The summed E-state index contributed by atoms with van der Waals surface area (Å²) in [5.74, 6) is -1.38. The number of hydrogen-bond acceptors (Lipinski definition) is 5. The Hall–Kier alpha value is -3.59. The molecule has 0 saturated carbocycles. The Bertz CT molecular complexity index is 1120. The molecule has 1 aliphatic heterocycles. The number of hydrogen-bond donors (Lipinski definition) is 1. The van der Waals surface area contributed by atoms with Crippen LogP contribution in [0.5, 0.6) is 5.95 Å². The Morgan fingerprint density at radius 3 is 2.56 bits per heavy atom. The Labute approximate surface area is 141 Å². The number of nitrogens with zero attached hydrogens (tertiary/aromatic N) is 1. The van der Waals surface area contributed by atoms with Gasteiger partial charge in [0.1, 0.15) is 23.0 Å². The second-order valence-electron chi connectivity index (χ2n) is 5.60. The van der Waals surface area contributed by atoms with E-state index >= 15 is 0 Å². The van der Waals surface area contributed by atoms with Crippen LogP contribution in [-0.4, -0.2) is 0 Å². The first-order valence-electron chi connectivity index (χ1n) is 7.49. The van der Waals surface area contributed by atoms with E-state index in [1.54, 1.807) is 24.3 Å². The zero-order valence-corrected chi connectivity index (χ0v) is 12.8. The highest BCUT2D eigenvalue weighted by Crippen LogP contribution is 2.41. The largest absolute Gasteiger partial charge is 0.425 e. The van der Waals surface area contributed by atoms with Crippen LogP contribution < -0.4 is 15.9 Å². The van der Waals surface area contributed by atoms with Crippen molar-refractivity contribution in [3.8, 4) is 12.0 Å². The lowest BCUT2D eigenvalue weighted by atomic mass is 9.84. The van der Waals surface area contributed by atoms with E-state index in [2.05, 4.69) is 0 Å². The average molecular weight is 334 g/mol. The summed E-state index contributed by atoms with van der Waals surface area (Å²) >= 11 is 0. The number of rotatable bonds is 1. The molecule has 4 rings (SSSR count). The molecule has 1 aromatic heterocycles. The number of nitriles is 1. The lowest BCUT2D eigenvalue weighted by molar-refractivity contribution is 0.296. The van der Waals surface area contributed by atoms with Gasteiger partial charge >= 0.3 is 0 Å². The van der Waals surface area contributed by atoms with E-state index in [1.165, 1.54) is 24.3 Å². The predicted molar refractivity (Wildman–Crippen MR) is 88.2 cm³/mol. The van der Waals surface area contributed by atoms with Gasteiger partial charge in [-0.1, -0.05) is 24.3 Å². The normalized spacial score (nSPS) is 16.2. The molecule has 1 aliphatic rings. The van der Waals surface area contributed by atoms with Crippen molar-refractivity contribution in [1.29, 1.82) is 5.26 Å². The third-order valence-electron chi connectivity index (χ3n) is 4.17. The van der Waals surface area contributed by atoms with E-state index in [-0.39, 0.29) is 28.4 Å². The van der Waals surface area contributed by atoms with E-state index in [9.17, 15) is 14.4 Å². The van der Waals surface area contributed by atoms with Crippen LogP contribution in [0.15, 0.2) is 69.2 Å². The number of para-hydroxylation sites is 1. The molecule has 6 heteroatoms. The highest BCUT2D eigenvalue weighted by molar-refractivity contribution is 5.78. The fourth-order valence-electron chi connectivity index (χ4n) is 3.01. The molecule has 0 aliphatic carbocycles. The van der Waals surface area contributed by atoms with Gasteiger partial charge < -0.3 is 14.9 Å². The van der Waals surface area contributed by atoms with E-state index in [0.717, 1.165) is 0 Å². The highest BCUT2D eigenvalue weighted by atomic mass is 19.1. The highest BCUT2D eigenvalue weighted by Gasteiger charge is 2.35. The molecule has 1 atom stereocenters. The van der Waals surface area contributed by atoms with E-state index < -0.39 is 11.7 Å². The summed E-state index contributed by atoms with van der Waals surface area (Å²) in [6, 6.07) is 14.3. The second-order valence-corrected chi connectivity index (χ2v) is 5.60. The maximum absolute atomic E-state index is 13.3. The molecule has 5 nitrogen and oxygen atoms in total. The van der Waals surface area contributed by atoms with Crippen LogP contribution in [0.3, 0.4) is 0 Å². The molecule has 122 valence electrons. The van der Waals surface area contributed by atoms with Crippen molar-refractivity contribution in [2.75, 3.05) is 0 Å². The summed E-state index contributed by atoms with van der Waals surface area (Å²) in [4.78, 5) is 13.0. The molecular formula is C19H11FN2O3. The lowest BCUT2D eigenvalue weighted by Gasteiger charge is -2.24. The average Bonchev–Trinajstić information content (AvgIpc) is 2.61. The quantitative estimate of drug-likeness (QED) is 0.738. The number of benzene rings is 2. The van der Waals surface area contributed by atoms with Crippen molar-refractivity contribution in [3.05, 3.63) is 87.2 Å². The van der Waals surface area contributed by atoms with Gasteiger partial charge in [-0.05, 0) is 29.8 Å². The van der Waals surface area contributed by atoms with Crippen LogP contribution in [0.1, 0.15) is 17.0 Å². The van der Waals surface area contributed by atoms with Gasteiger partial charge in [0.05, 0.1) is 16.9 Å². The molecule has 0 fully saturated rings. The number of ether oxygens (including phenoxy) is 1. The van der Waals surface area contributed by atoms with Gasteiger partial charge in [-0.3, -0.25) is 4.79 Å². The van der Waals surface area contributed by atoms with Crippen LogP contribution in [0.25, 0.3) is 11.0 Å². The van der Waals surface area contributed by atoms with E-state index in [1.807, 2.05) is 6.07 Å². The van der Waals surface area contributed by atoms with Crippen molar-refractivity contribution in [1.82, 2.24) is 0 Å². The Balaban J connectivity index is 2.06. The van der Waals surface area contributed by atoms with Crippen LogP contribution in [0.4, 0.5) is 4.39 Å². The molecule has 0 spiro atoms. The smallest absolute Gasteiger partial charge is 0.300 e. The summed E-state index contributed by atoms with van der Waals surface area (Å²) in [6.07, 6.45) is 0. The third kappa shape index (κ3) is 2.25. The summed E-state index contributed by atoms with van der Waals surface area (Å²) in [6.45, 7) is 0. The van der Waals surface area contributed by atoms with Crippen LogP contribution >= 0.6 is 0 Å². The first-order chi connectivity index (χ1) is 12.1. The molecule has 2 heterocycles. The predicted octanol–water partition coefficient (Wildman–Crippen LogP) is 3.15. The molecule has 0 saturated heterocycles. The van der Waals surface area contributed by atoms with Crippen LogP contribution in [0, 0.1) is 17.1 Å². The first kappa shape index (κ1) is 15.0. The van der Waals surface area contributed by atoms with Crippen molar-refractivity contribution in [3.63, 3.8) is 0 Å². The van der Waals surface area contributed by atoms with Gasteiger partial charge in [-0.2, -0.15) is 5.26 Å². The van der Waals surface area contributed by atoms with Crippen molar-refractivity contribution in [2.45, 2.75) is 5.92 Å². The minimum absolute atomic E-state index is 0.0467. The molecule has 0 bridgehead atoms. The molecule has 25 heavy (non-hydrogen) atoms. The van der Waals surface area contributed by atoms with E-state index in [0.29, 0.717) is 16.5 Å². The Morgan fingerprint density at radius 2 is 1.84 bits per heavy atom. The molecule has 0 radical (unpaired) electrons. The fraction of sp³-hybridized carbons (Fsp3) is 0.0526. The maximum Gasteiger partial charge on any atom is 0.300 e. The Morgan fingerprint density at radius 1 is 1.12 bits per heavy atom. The summed E-state index contributed by atoms with van der Waals surface area (Å²) in [7, 11) is 0. The van der Waals surface area contributed by atoms with Gasteiger partial charge in [0.25, 0.3) is 5.95 Å². The zero-order valence-electron chi connectivity index (χ0n) is 12.8. The number of halogens is 1. The minimum atomic E-state index is -0.782. The van der Waals surface area contributed by atoms with Gasteiger partial charge in [0.2, 0.25) is 11.3 Å². The lowest BCUT2D eigenvalue weighted by Crippen LogP contribution is -2.26. The SMILES string of the molecule is N#CC1=C(N)Oc2oc3ccccc3c(=O)c2C1c1ccc(F)cc1. The number of allylic oxidation sites excluding steroid dienone is 1. The second kappa shape index (κ2) is 5.49. The summed E-state index contributed by atoms with van der Waals surface area (Å²) < 4.78 is 24.4. The molecule has 0 amide bonds. The minimum Gasteiger partial charge on any atom is -0.425 e. The molecular weight excluding hydrogens is 323 g/mol. The fourth-order valence-corrected chi connectivity index (χ4v) is 3.01. The van der Waals surface area contributed by atoms with Gasteiger partial charge in [0, 0.05) is 0 Å². The van der Waals surface area contributed by atoms with E-state index in [4.69, 9.17) is 14.9 Å². The molecule has 2 aromatic carbocycles. The number of nitrogens with two attached hydrogens (primary N) is 1. The first-order valence-corrected chi connectivity index (χ1v) is 7.49. The number of fused-ring (bicyclic) bond motifs is 2. The third-order valence-corrected chi connectivity index (χ3v) is 4.17. The van der Waals surface area contributed by atoms with Gasteiger partial charge in [-0.15, -0.1) is 0 Å². The van der Waals surface area contributed by atoms with Crippen LogP contribution in [-0.2, 0) is 0 Å². The zero-order chi connectivity index (χ0) is 17.6. The maximum atomic E-state index is 13.3. The molecule has 2 N–H and O–H groups in total. The topological polar surface area (TPSA) is 89.2 Å². The summed E-state index contributed by atoms with van der Waals surface area (Å²) in [5.41, 5.74) is 6.71. The molecule has 3 aromatic rings. The monoisotopic (exact) mass is 334 g/mol. The standard InChI is InChI=1S/C19H11FN2O3/c20-11-7-5-10(6-8-11)15-13(9-21)18(22)25-19-16(15)17(23)12-3-1-2-4-14(12)24-19/h1-8,15H,22H2. The van der Waals surface area contributed by atoms with Crippen LogP contribution in [0.2, 0.25) is 0 Å².